The molecule has 3 aliphatic rings. The number of nitrogens with zero attached hydrogens (tertiary/aromatic N) is 5. The van der Waals surface area contributed by atoms with E-state index in [4.69, 9.17) is 28.4 Å². The summed E-state index contributed by atoms with van der Waals surface area (Å²) >= 11 is 0. The summed E-state index contributed by atoms with van der Waals surface area (Å²) in [5, 5.41) is 10.1. The van der Waals surface area contributed by atoms with Crippen molar-refractivity contribution in [1.29, 1.82) is 0 Å². The van der Waals surface area contributed by atoms with Crippen LogP contribution in [0.15, 0.2) is 60.8 Å². The fraction of sp³-hybridized carbons (Fsp3) is 0.615. The number of hydrogen-bond acceptors (Lipinski definition) is 15. The normalized spacial score (nSPS) is 32.4. The summed E-state index contributed by atoms with van der Waals surface area (Å²) in [4.78, 5) is 86.2. The van der Waals surface area contributed by atoms with E-state index in [-0.39, 0.29) is 43.0 Å². The molecule has 6 rings (SSSR count). The summed E-state index contributed by atoms with van der Waals surface area (Å²) < 4.78 is 94.8. The Balaban J connectivity index is 1.27. The third kappa shape index (κ3) is 12.3. The molecule has 1 unspecified atom stereocenters. The van der Waals surface area contributed by atoms with Crippen LogP contribution in [0, 0.1) is 17.8 Å². The van der Waals surface area contributed by atoms with Crippen LogP contribution in [0.2, 0.25) is 0 Å². The second-order valence-electron chi connectivity index (χ2n) is 20.4. The van der Waals surface area contributed by atoms with E-state index in [9.17, 15) is 41.9 Å². The van der Waals surface area contributed by atoms with Gasteiger partial charge >= 0.3 is 30.1 Å². The van der Waals surface area contributed by atoms with Crippen LogP contribution in [0.4, 0.5) is 28.0 Å². The van der Waals surface area contributed by atoms with Gasteiger partial charge in [0.05, 0.1) is 41.7 Å². The number of rotatable bonds is 14. The Hall–Kier alpha value is -5.84. The second-order valence-corrected chi connectivity index (χ2v) is 20.4. The van der Waals surface area contributed by atoms with Crippen molar-refractivity contribution in [2.24, 2.45) is 17.8 Å². The van der Waals surface area contributed by atoms with Crippen molar-refractivity contribution in [3.05, 3.63) is 66.4 Å². The number of alkyl halides is 4. The van der Waals surface area contributed by atoms with Gasteiger partial charge in [-0.15, -0.1) is 5.10 Å². The van der Waals surface area contributed by atoms with E-state index in [1.54, 1.807) is 70.3 Å². The Morgan fingerprint density at radius 2 is 1.62 bits per heavy atom. The van der Waals surface area contributed by atoms with E-state index in [2.05, 4.69) is 10.3 Å². The van der Waals surface area contributed by atoms with Gasteiger partial charge in [0, 0.05) is 49.2 Å². The van der Waals surface area contributed by atoms with Gasteiger partial charge in [0.25, 0.3) is 5.67 Å². The SMILES string of the molecule is CC[C@H]1OC(=O)[C@@](C)(F)C(=O)[C@H](C)[C@@H](O[C@@H]2O[C@H](C)C[C@H](N(C)C)[C@H]2OC(=O)c2ccccc2)[C@@](C)(OC)C[C@@H](C)C(=O)[C@H](C)C2N(CCCCn3cc(-c4cccc(NC(=O)C(F)(F)F)c4)nn3)C(=O)O[C@@]21C. The summed E-state index contributed by atoms with van der Waals surface area (Å²) in [6.07, 6.45) is -8.98. The van der Waals surface area contributed by atoms with E-state index >= 15 is 4.39 Å². The molecule has 3 fully saturated rings. The maximum absolute atomic E-state index is 17.3. The Kier molecular flexibility index (Phi) is 17.8. The predicted molar refractivity (Wildman–Crippen MR) is 259 cm³/mol. The van der Waals surface area contributed by atoms with E-state index in [1.807, 2.05) is 31.2 Å². The summed E-state index contributed by atoms with van der Waals surface area (Å²) in [6.45, 7) is 12.4. The molecule has 0 radical (unpaired) electrons. The molecule has 0 bridgehead atoms. The number of Topliss-reactive ketones (excluding diaryl/α,β-unsaturated/α-hetero) is 2. The van der Waals surface area contributed by atoms with E-state index in [0.29, 0.717) is 30.5 Å². The van der Waals surface area contributed by atoms with Crippen LogP contribution < -0.4 is 5.32 Å². The van der Waals surface area contributed by atoms with Gasteiger partial charge in [-0.3, -0.25) is 19.1 Å². The number of ether oxygens (including phenoxy) is 6. The molecule has 74 heavy (non-hydrogen) atoms. The fourth-order valence-corrected chi connectivity index (χ4v) is 10.6. The van der Waals surface area contributed by atoms with Crippen LogP contribution in [-0.4, -0.2) is 154 Å². The van der Waals surface area contributed by atoms with Gasteiger partial charge in [-0.1, -0.05) is 63.2 Å². The predicted octanol–water partition coefficient (Wildman–Crippen LogP) is 7.39. The van der Waals surface area contributed by atoms with Crippen LogP contribution in [-0.2, 0) is 54.1 Å². The van der Waals surface area contributed by atoms with E-state index < -0.39 is 113 Å². The van der Waals surface area contributed by atoms with Gasteiger partial charge in [-0.25, -0.2) is 18.8 Å². The molecule has 2 amide bonds. The van der Waals surface area contributed by atoms with Crippen LogP contribution >= 0.6 is 0 Å². The molecule has 0 spiro atoms. The zero-order valence-corrected chi connectivity index (χ0v) is 43.6. The number of amides is 2. The number of anilines is 1. The smallest absolute Gasteiger partial charge is 0.455 e. The number of ketones is 2. The number of benzene rings is 2. The van der Waals surface area contributed by atoms with Gasteiger partial charge in [0.15, 0.2) is 23.8 Å². The first-order valence-corrected chi connectivity index (χ1v) is 24.8. The Labute approximate surface area is 428 Å². The molecule has 1 N–H and O–H groups in total. The highest BCUT2D eigenvalue weighted by atomic mass is 19.4. The van der Waals surface area contributed by atoms with Crippen molar-refractivity contribution in [1.82, 2.24) is 24.8 Å². The molecule has 3 aromatic rings. The number of esters is 2. The number of cyclic esters (lactones) is 1. The van der Waals surface area contributed by atoms with Crippen molar-refractivity contribution in [3.63, 3.8) is 0 Å². The van der Waals surface area contributed by atoms with Crippen LogP contribution in [0.5, 0.6) is 0 Å². The Bertz CT molecular complexity index is 2510. The number of aryl methyl sites for hydroxylation is 1. The second kappa shape index (κ2) is 23.0. The molecule has 13 atom stereocenters. The molecule has 2 aromatic carbocycles. The van der Waals surface area contributed by atoms with Gasteiger partial charge in [-0.05, 0) is 98.2 Å². The van der Waals surface area contributed by atoms with Gasteiger partial charge < -0.3 is 43.5 Å². The lowest BCUT2D eigenvalue weighted by atomic mass is 9.73. The molecule has 0 aliphatic carbocycles. The third-order valence-electron chi connectivity index (χ3n) is 14.7. The average molecular weight is 1050 g/mol. The first kappa shape index (κ1) is 57.4. The van der Waals surface area contributed by atoms with Gasteiger partial charge in [0.1, 0.15) is 17.6 Å². The average Bonchev–Trinajstić information content (AvgIpc) is 3.93. The number of aromatic nitrogens is 3. The Morgan fingerprint density at radius 1 is 0.946 bits per heavy atom. The van der Waals surface area contributed by atoms with Crippen LogP contribution in [0.3, 0.4) is 0 Å². The van der Waals surface area contributed by atoms with Gasteiger partial charge in [-0.2, -0.15) is 13.2 Å². The van der Waals surface area contributed by atoms with Crippen LogP contribution in [0.25, 0.3) is 11.3 Å². The molecular weight excluding hydrogens is 977 g/mol. The maximum atomic E-state index is 17.3. The van der Waals surface area contributed by atoms with Crippen molar-refractivity contribution >= 4 is 41.2 Å². The molecule has 3 aliphatic heterocycles. The summed E-state index contributed by atoms with van der Waals surface area (Å²) in [5.74, 6) is -9.24. The number of carbonyl (C=O) groups is 6. The number of likely N-dealkylation sites (N-methyl/N-ethyl adjacent to an activating group) is 1. The largest absolute Gasteiger partial charge is 0.471 e. The maximum Gasteiger partial charge on any atom is 0.471 e. The number of methoxy groups -OCH3 is 1. The standard InChI is InChI=1S/C52H68F4N6O12/c1-12-38-51(8)41(62(48(68)74-51)24-17-16-23-61-28-36(58-59-61)34-21-18-22-35(26-34)57-46(66)52(54,55)56)31(4)39(63)29(2)27-49(6,69-11)43(32(5)42(64)50(7,53)47(67)71-38)73-45-40(37(60(9)10)25-30(3)70-45)72-44(65)33-19-14-13-15-20-33/h13-15,18-22,26,28-32,37-38,40-41,43,45H,12,16-17,23-25,27H2,1-11H3,(H,57,66)/t29-,30-,31+,32+,37+,38-,40-,41?,43-,45+,49+,50+,51-/m1/s1. The molecule has 4 heterocycles. The number of halogens is 4. The topological polar surface area (TPSA) is 207 Å². The first-order chi connectivity index (χ1) is 34.7. The summed E-state index contributed by atoms with van der Waals surface area (Å²) in [6, 6.07) is 12.5. The number of carbonyl (C=O) groups excluding carboxylic acids is 6. The number of hydrogen-bond donors (Lipinski definition) is 1. The molecule has 18 nitrogen and oxygen atoms in total. The monoisotopic (exact) mass is 1040 g/mol. The minimum Gasteiger partial charge on any atom is -0.455 e. The lowest BCUT2D eigenvalue weighted by molar-refractivity contribution is -0.295. The van der Waals surface area contributed by atoms with E-state index in [1.165, 1.54) is 48.7 Å². The number of nitrogens with one attached hydrogen (secondary N) is 1. The lowest BCUT2D eigenvalue weighted by Crippen LogP contribution is -2.62. The summed E-state index contributed by atoms with van der Waals surface area (Å²) in [7, 11) is 4.97. The number of unbranched alkanes of at least 4 members (excludes halogenated alkanes) is 1. The Morgan fingerprint density at radius 3 is 2.26 bits per heavy atom. The van der Waals surface area contributed by atoms with Crippen molar-refractivity contribution in [3.8, 4) is 11.3 Å². The lowest BCUT2D eigenvalue weighted by Gasteiger charge is -2.48. The third-order valence-corrected chi connectivity index (χ3v) is 14.7. The highest BCUT2D eigenvalue weighted by Gasteiger charge is 2.62. The minimum atomic E-state index is -5.08. The highest BCUT2D eigenvalue weighted by Crippen LogP contribution is 2.44. The zero-order chi connectivity index (χ0) is 54.7. The van der Waals surface area contributed by atoms with Crippen LogP contribution in [0.1, 0.15) is 97.9 Å². The quantitative estimate of drug-likeness (QED) is 0.0549. The first-order valence-electron chi connectivity index (χ1n) is 24.8. The molecular formula is C52H68F4N6O12. The molecule has 3 saturated heterocycles. The molecule has 1 aromatic heterocycles. The zero-order valence-electron chi connectivity index (χ0n) is 43.6. The molecule has 0 saturated carbocycles. The molecule has 22 heteroatoms. The van der Waals surface area contributed by atoms with E-state index in [0.717, 1.165) is 6.92 Å². The molecule has 406 valence electrons. The van der Waals surface area contributed by atoms with Crippen molar-refractivity contribution in [2.75, 3.05) is 33.1 Å². The van der Waals surface area contributed by atoms with Gasteiger partial charge in [0.2, 0.25) is 0 Å². The van der Waals surface area contributed by atoms with Crippen molar-refractivity contribution < 1.29 is 74.8 Å². The van der Waals surface area contributed by atoms with Crippen molar-refractivity contribution in [2.45, 2.75) is 160 Å². The summed E-state index contributed by atoms with van der Waals surface area (Å²) in [5.41, 5.74) is -5.72. The minimum absolute atomic E-state index is 0.0107. The number of fused-ring (bicyclic) bond motifs is 1. The fourth-order valence-electron chi connectivity index (χ4n) is 10.6. The highest BCUT2D eigenvalue weighted by molar-refractivity contribution is 6.08.